The second-order valence-electron chi connectivity index (χ2n) is 5.48. The molecular formula is C15H23N3O2. The molecule has 20 heavy (non-hydrogen) atoms. The van der Waals surface area contributed by atoms with Crippen LogP contribution in [0.15, 0.2) is 18.2 Å². The van der Waals surface area contributed by atoms with Gasteiger partial charge >= 0.3 is 0 Å². The predicted molar refractivity (Wildman–Crippen MR) is 82.3 cm³/mol. The van der Waals surface area contributed by atoms with E-state index in [1.54, 1.807) is 19.2 Å². The summed E-state index contributed by atoms with van der Waals surface area (Å²) in [6, 6.07) is 5.56. The van der Waals surface area contributed by atoms with Gasteiger partial charge in [0.15, 0.2) is 0 Å². The SMILES string of the molecule is CCC1CCCCC1Nc1cc(NC)cc([N+](=O)[O-])c1. The summed E-state index contributed by atoms with van der Waals surface area (Å²) in [6.07, 6.45) is 6.10. The summed E-state index contributed by atoms with van der Waals surface area (Å²) in [5.74, 6) is 0.668. The highest BCUT2D eigenvalue weighted by Crippen LogP contribution is 2.31. The lowest BCUT2D eigenvalue weighted by atomic mass is 9.83. The summed E-state index contributed by atoms with van der Waals surface area (Å²) in [5, 5.41) is 17.5. The van der Waals surface area contributed by atoms with Gasteiger partial charge in [-0.1, -0.05) is 26.2 Å². The Morgan fingerprint density at radius 1 is 1.25 bits per heavy atom. The molecule has 0 spiro atoms. The largest absolute Gasteiger partial charge is 0.388 e. The first-order valence-electron chi connectivity index (χ1n) is 7.37. The second-order valence-corrected chi connectivity index (χ2v) is 5.48. The topological polar surface area (TPSA) is 67.2 Å². The monoisotopic (exact) mass is 277 g/mol. The van der Waals surface area contributed by atoms with Crippen molar-refractivity contribution in [1.29, 1.82) is 0 Å². The van der Waals surface area contributed by atoms with Crippen molar-refractivity contribution in [3.63, 3.8) is 0 Å². The van der Waals surface area contributed by atoms with E-state index in [0.29, 0.717) is 12.0 Å². The van der Waals surface area contributed by atoms with E-state index in [4.69, 9.17) is 0 Å². The van der Waals surface area contributed by atoms with Crippen molar-refractivity contribution in [3.05, 3.63) is 28.3 Å². The summed E-state index contributed by atoms with van der Waals surface area (Å²) >= 11 is 0. The first-order valence-corrected chi connectivity index (χ1v) is 7.37. The van der Waals surface area contributed by atoms with Crippen molar-refractivity contribution in [2.24, 2.45) is 5.92 Å². The zero-order chi connectivity index (χ0) is 14.5. The number of non-ortho nitro benzene ring substituents is 1. The van der Waals surface area contributed by atoms with Gasteiger partial charge in [-0.3, -0.25) is 10.1 Å². The lowest BCUT2D eigenvalue weighted by Crippen LogP contribution is -2.31. The molecule has 0 radical (unpaired) electrons. The molecule has 1 aliphatic rings. The molecule has 5 heteroatoms. The minimum Gasteiger partial charge on any atom is -0.388 e. The van der Waals surface area contributed by atoms with Crippen LogP contribution in [0.3, 0.4) is 0 Å². The predicted octanol–water partition coefficient (Wildman–Crippen LogP) is 4.02. The molecule has 0 aliphatic heterocycles. The van der Waals surface area contributed by atoms with E-state index in [1.165, 1.54) is 19.3 Å². The summed E-state index contributed by atoms with van der Waals surface area (Å²) in [5.41, 5.74) is 1.74. The molecule has 0 aromatic heterocycles. The van der Waals surface area contributed by atoms with Crippen LogP contribution in [-0.2, 0) is 0 Å². The number of anilines is 2. The molecule has 1 fully saturated rings. The van der Waals surface area contributed by atoms with Crippen LogP contribution in [0.1, 0.15) is 39.0 Å². The summed E-state index contributed by atoms with van der Waals surface area (Å²) in [6.45, 7) is 2.22. The quantitative estimate of drug-likeness (QED) is 0.630. The van der Waals surface area contributed by atoms with Crippen LogP contribution >= 0.6 is 0 Å². The Morgan fingerprint density at radius 2 is 1.95 bits per heavy atom. The number of hydrogen-bond acceptors (Lipinski definition) is 4. The standard InChI is InChI=1S/C15H23N3O2/c1-3-11-6-4-5-7-15(11)17-13-8-12(16-2)9-14(10-13)18(19)20/h8-11,15-17H,3-7H2,1-2H3. The van der Waals surface area contributed by atoms with Gasteiger partial charge in [0.25, 0.3) is 5.69 Å². The minimum absolute atomic E-state index is 0.128. The zero-order valence-corrected chi connectivity index (χ0v) is 12.2. The first-order chi connectivity index (χ1) is 9.63. The Bertz CT molecular complexity index is 476. The molecular weight excluding hydrogens is 254 g/mol. The highest BCUT2D eigenvalue weighted by atomic mass is 16.6. The Kier molecular flexibility index (Phi) is 4.82. The Balaban J connectivity index is 2.18. The minimum atomic E-state index is -0.343. The van der Waals surface area contributed by atoms with Gasteiger partial charge in [0.2, 0.25) is 0 Å². The van der Waals surface area contributed by atoms with Gasteiger partial charge in [-0.05, 0) is 24.8 Å². The van der Waals surface area contributed by atoms with Gasteiger partial charge in [-0.2, -0.15) is 0 Å². The fourth-order valence-electron chi connectivity index (χ4n) is 3.04. The number of rotatable bonds is 5. The maximum Gasteiger partial charge on any atom is 0.273 e. The lowest BCUT2D eigenvalue weighted by molar-refractivity contribution is -0.384. The third-order valence-corrected chi connectivity index (χ3v) is 4.20. The van der Waals surface area contributed by atoms with Gasteiger partial charge in [0.1, 0.15) is 0 Å². The van der Waals surface area contributed by atoms with Crippen LogP contribution in [-0.4, -0.2) is 18.0 Å². The molecule has 2 N–H and O–H groups in total. The van der Waals surface area contributed by atoms with Crippen molar-refractivity contribution < 1.29 is 4.92 Å². The molecule has 2 unspecified atom stereocenters. The molecule has 5 nitrogen and oxygen atoms in total. The smallest absolute Gasteiger partial charge is 0.273 e. The average Bonchev–Trinajstić information content (AvgIpc) is 2.47. The summed E-state index contributed by atoms with van der Waals surface area (Å²) in [7, 11) is 1.78. The molecule has 0 heterocycles. The van der Waals surface area contributed by atoms with E-state index < -0.39 is 0 Å². The number of nitro groups is 1. The molecule has 1 aromatic rings. The van der Waals surface area contributed by atoms with Crippen LogP contribution < -0.4 is 10.6 Å². The first kappa shape index (κ1) is 14.6. The van der Waals surface area contributed by atoms with Gasteiger partial charge < -0.3 is 10.6 Å². The van der Waals surface area contributed by atoms with Crippen molar-refractivity contribution in [1.82, 2.24) is 0 Å². The Labute approximate surface area is 119 Å². The number of nitrogens with one attached hydrogen (secondary N) is 2. The molecule has 2 rings (SSSR count). The normalized spacial score (nSPS) is 22.3. The van der Waals surface area contributed by atoms with E-state index in [1.807, 2.05) is 6.07 Å². The van der Waals surface area contributed by atoms with E-state index in [2.05, 4.69) is 17.6 Å². The average molecular weight is 277 g/mol. The Morgan fingerprint density at radius 3 is 2.60 bits per heavy atom. The number of nitro benzene ring substituents is 1. The zero-order valence-electron chi connectivity index (χ0n) is 12.2. The molecule has 1 saturated carbocycles. The van der Waals surface area contributed by atoms with E-state index in [0.717, 1.165) is 24.2 Å². The number of nitrogens with zero attached hydrogens (tertiary/aromatic N) is 1. The van der Waals surface area contributed by atoms with Crippen LogP contribution in [0.2, 0.25) is 0 Å². The third kappa shape index (κ3) is 3.40. The highest BCUT2D eigenvalue weighted by molar-refractivity contribution is 5.63. The third-order valence-electron chi connectivity index (χ3n) is 4.20. The van der Waals surface area contributed by atoms with Crippen LogP contribution in [0, 0.1) is 16.0 Å². The van der Waals surface area contributed by atoms with E-state index >= 15 is 0 Å². The molecule has 1 aliphatic carbocycles. The summed E-state index contributed by atoms with van der Waals surface area (Å²) in [4.78, 5) is 10.6. The Hall–Kier alpha value is -1.78. The van der Waals surface area contributed by atoms with Crippen molar-refractivity contribution in [2.75, 3.05) is 17.7 Å². The molecule has 2 atom stereocenters. The van der Waals surface area contributed by atoms with Gasteiger partial charge in [-0.25, -0.2) is 0 Å². The number of benzene rings is 1. The maximum absolute atomic E-state index is 11.0. The van der Waals surface area contributed by atoms with Gasteiger partial charge in [0.05, 0.1) is 4.92 Å². The lowest BCUT2D eigenvalue weighted by Gasteiger charge is -2.32. The second kappa shape index (κ2) is 6.59. The van der Waals surface area contributed by atoms with Crippen molar-refractivity contribution in [3.8, 4) is 0 Å². The number of hydrogen-bond donors (Lipinski definition) is 2. The van der Waals surface area contributed by atoms with E-state index in [9.17, 15) is 10.1 Å². The van der Waals surface area contributed by atoms with Crippen molar-refractivity contribution >= 4 is 17.1 Å². The fraction of sp³-hybridized carbons (Fsp3) is 0.600. The van der Waals surface area contributed by atoms with E-state index in [-0.39, 0.29) is 10.6 Å². The van der Waals surface area contributed by atoms with Crippen LogP contribution in [0.4, 0.5) is 17.1 Å². The molecule has 0 bridgehead atoms. The van der Waals surface area contributed by atoms with Crippen LogP contribution in [0.5, 0.6) is 0 Å². The molecule has 0 saturated heterocycles. The maximum atomic E-state index is 11.0. The molecule has 1 aromatic carbocycles. The summed E-state index contributed by atoms with van der Waals surface area (Å²) < 4.78 is 0. The molecule has 110 valence electrons. The van der Waals surface area contributed by atoms with Crippen LogP contribution in [0.25, 0.3) is 0 Å². The highest BCUT2D eigenvalue weighted by Gasteiger charge is 2.24. The van der Waals surface area contributed by atoms with Gasteiger partial charge in [-0.15, -0.1) is 0 Å². The molecule has 0 amide bonds. The van der Waals surface area contributed by atoms with Crippen molar-refractivity contribution in [2.45, 2.75) is 45.1 Å². The van der Waals surface area contributed by atoms with Gasteiger partial charge in [0, 0.05) is 36.6 Å². The fourth-order valence-corrected chi connectivity index (χ4v) is 3.04.